The van der Waals surface area contributed by atoms with E-state index in [1.807, 2.05) is 13.8 Å². The molecule has 0 atom stereocenters. The fourth-order valence-corrected chi connectivity index (χ4v) is 5.86. The lowest BCUT2D eigenvalue weighted by Gasteiger charge is -2.30. The zero-order valence-corrected chi connectivity index (χ0v) is 21.3. The highest BCUT2D eigenvalue weighted by Gasteiger charge is 2.40. The van der Waals surface area contributed by atoms with Gasteiger partial charge >= 0.3 is 0 Å². The SMILES string of the molecule is CCCN(CCC)C1=C(S(=O)(=O)NCCc2ccc(S(N)(=O)=O)cc2)C(=O)c2ccccc2C1=O. The number of carbonyl (C=O) groups excluding carboxylic acids is 2. The van der Waals surface area contributed by atoms with Gasteiger partial charge in [0.05, 0.1) is 4.90 Å². The minimum atomic E-state index is -4.34. The summed E-state index contributed by atoms with van der Waals surface area (Å²) in [6, 6.07) is 12.0. The first kappa shape index (κ1) is 26.7. The second-order valence-corrected chi connectivity index (χ2v) is 11.5. The highest BCUT2D eigenvalue weighted by atomic mass is 32.2. The third-order valence-corrected chi connectivity index (χ3v) is 8.01. The van der Waals surface area contributed by atoms with E-state index in [9.17, 15) is 26.4 Å². The van der Waals surface area contributed by atoms with Crippen molar-refractivity contribution in [1.82, 2.24) is 9.62 Å². The molecule has 0 heterocycles. The Morgan fingerprint density at radius 3 is 1.89 bits per heavy atom. The van der Waals surface area contributed by atoms with Gasteiger partial charge in [-0.25, -0.2) is 26.7 Å². The van der Waals surface area contributed by atoms with Gasteiger partial charge < -0.3 is 4.90 Å². The third kappa shape index (κ3) is 5.87. The molecule has 0 bridgehead atoms. The monoisotopic (exact) mass is 519 g/mol. The van der Waals surface area contributed by atoms with Crippen molar-refractivity contribution in [3.8, 4) is 0 Å². The van der Waals surface area contributed by atoms with Gasteiger partial charge in [0, 0.05) is 30.8 Å². The second kappa shape index (κ2) is 10.8. The predicted octanol–water partition coefficient (Wildman–Crippen LogP) is 2.21. The summed E-state index contributed by atoms with van der Waals surface area (Å²) in [6.45, 7) is 4.64. The molecule has 188 valence electrons. The maximum atomic E-state index is 13.4. The number of Topliss-reactive ketones (excluding diaryl/α,β-unsaturated/α-hetero) is 2. The first-order valence-electron chi connectivity index (χ1n) is 11.3. The first-order valence-corrected chi connectivity index (χ1v) is 14.3. The molecule has 0 spiro atoms. The largest absolute Gasteiger partial charge is 0.367 e. The van der Waals surface area contributed by atoms with Gasteiger partial charge in [0.15, 0.2) is 4.91 Å². The molecule has 0 unspecified atom stereocenters. The number of carbonyl (C=O) groups is 2. The van der Waals surface area contributed by atoms with Crippen LogP contribution in [0.4, 0.5) is 0 Å². The Labute approximate surface area is 206 Å². The van der Waals surface area contributed by atoms with Gasteiger partial charge in [-0.05, 0) is 37.0 Å². The lowest BCUT2D eigenvalue weighted by Crippen LogP contribution is -2.40. The van der Waals surface area contributed by atoms with Crippen molar-refractivity contribution in [2.24, 2.45) is 5.14 Å². The van der Waals surface area contributed by atoms with Crippen LogP contribution in [0.15, 0.2) is 64.0 Å². The van der Waals surface area contributed by atoms with Crippen molar-refractivity contribution in [3.05, 3.63) is 75.8 Å². The number of rotatable bonds is 11. The molecule has 0 saturated carbocycles. The van der Waals surface area contributed by atoms with Crippen LogP contribution in [0.5, 0.6) is 0 Å². The Morgan fingerprint density at radius 1 is 0.829 bits per heavy atom. The van der Waals surface area contributed by atoms with Crippen LogP contribution in [0.1, 0.15) is 53.0 Å². The minimum absolute atomic E-state index is 0.0476. The summed E-state index contributed by atoms with van der Waals surface area (Å²) < 4.78 is 52.0. The highest BCUT2D eigenvalue weighted by molar-refractivity contribution is 7.94. The fourth-order valence-electron chi connectivity index (χ4n) is 4.00. The number of primary sulfonamides is 1. The van der Waals surface area contributed by atoms with Crippen LogP contribution in [0.2, 0.25) is 0 Å². The zero-order chi connectivity index (χ0) is 25.8. The van der Waals surface area contributed by atoms with Crippen LogP contribution < -0.4 is 9.86 Å². The van der Waals surface area contributed by atoms with Crippen molar-refractivity contribution in [3.63, 3.8) is 0 Å². The Kier molecular flexibility index (Phi) is 8.26. The summed E-state index contributed by atoms with van der Waals surface area (Å²) in [5, 5.41) is 5.10. The Balaban J connectivity index is 1.94. The number of nitrogens with zero attached hydrogens (tertiary/aromatic N) is 1. The Hall–Kier alpha value is -2.86. The number of benzene rings is 2. The molecule has 2 aromatic carbocycles. The molecular weight excluding hydrogens is 490 g/mol. The summed E-state index contributed by atoms with van der Waals surface area (Å²) in [5.41, 5.74) is 0.832. The maximum absolute atomic E-state index is 13.4. The van der Waals surface area contributed by atoms with Gasteiger partial charge in [-0.3, -0.25) is 9.59 Å². The first-order chi connectivity index (χ1) is 16.5. The van der Waals surface area contributed by atoms with E-state index < -0.39 is 36.5 Å². The van der Waals surface area contributed by atoms with E-state index in [-0.39, 0.29) is 34.7 Å². The van der Waals surface area contributed by atoms with Gasteiger partial charge in [-0.2, -0.15) is 0 Å². The van der Waals surface area contributed by atoms with E-state index in [1.165, 1.54) is 36.4 Å². The average molecular weight is 520 g/mol. The van der Waals surface area contributed by atoms with Gasteiger partial charge in [0.2, 0.25) is 31.6 Å². The smallest absolute Gasteiger partial charge is 0.246 e. The second-order valence-electron chi connectivity index (χ2n) is 8.21. The van der Waals surface area contributed by atoms with Gasteiger partial charge in [-0.15, -0.1) is 0 Å². The molecular formula is C24H29N3O6S2. The molecule has 3 N–H and O–H groups in total. The minimum Gasteiger partial charge on any atom is -0.367 e. The predicted molar refractivity (Wildman–Crippen MR) is 133 cm³/mol. The quantitative estimate of drug-likeness (QED) is 0.463. The van der Waals surface area contributed by atoms with Crippen LogP contribution in [-0.4, -0.2) is 52.9 Å². The molecule has 0 aromatic heterocycles. The molecule has 35 heavy (non-hydrogen) atoms. The maximum Gasteiger partial charge on any atom is 0.246 e. The van der Waals surface area contributed by atoms with Crippen molar-refractivity contribution in [2.75, 3.05) is 19.6 Å². The van der Waals surface area contributed by atoms with Crippen molar-refractivity contribution < 1.29 is 26.4 Å². The topological polar surface area (TPSA) is 144 Å². The number of nitrogens with two attached hydrogens (primary N) is 1. The number of hydrogen-bond donors (Lipinski definition) is 2. The van der Waals surface area contributed by atoms with E-state index in [1.54, 1.807) is 17.0 Å². The fraction of sp³-hybridized carbons (Fsp3) is 0.333. The van der Waals surface area contributed by atoms with Crippen LogP contribution in [0.3, 0.4) is 0 Å². The molecule has 1 aliphatic rings. The molecule has 1 aliphatic carbocycles. The van der Waals surface area contributed by atoms with Crippen LogP contribution in [0, 0.1) is 0 Å². The Bertz CT molecular complexity index is 1360. The van der Waals surface area contributed by atoms with Gasteiger partial charge in [0.25, 0.3) is 0 Å². The molecule has 0 fully saturated rings. The standard InChI is InChI=1S/C24H29N3O6S2/c1-3-15-27(16-4-2)21-22(28)19-7-5-6-8-20(19)23(29)24(21)35(32,33)26-14-13-17-9-11-18(12-10-17)34(25,30)31/h5-12,26H,3-4,13-16H2,1-2H3,(H2,25,30,31). The van der Waals surface area contributed by atoms with E-state index >= 15 is 0 Å². The van der Waals surface area contributed by atoms with Gasteiger partial charge in [-0.1, -0.05) is 50.2 Å². The summed E-state index contributed by atoms with van der Waals surface area (Å²) in [4.78, 5) is 27.9. The Morgan fingerprint density at radius 2 is 1.37 bits per heavy atom. The summed E-state index contributed by atoms with van der Waals surface area (Å²) in [5.74, 6) is -1.20. The van der Waals surface area contributed by atoms with Crippen molar-refractivity contribution in [2.45, 2.75) is 38.0 Å². The van der Waals surface area contributed by atoms with E-state index in [0.717, 1.165) is 0 Å². The summed E-state index contributed by atoms with van der Waals surface area (Å²) in [7, 11) is -8.17. The van der Waals surface area contributed by atoms with Crippen molar-refractivity contribution >= 4 is 31.6 Å². The molecule has 11 heteroatoms. The molecule has 0 amide bonds. The van der Waals surface area contributed by atoms with E-state index in [0.29, 0.717) is 31.5 Å². The van der Waals surface area contributed by atoms with Crippen molar-refractivity contribution in [1.29, 1.82) is 0 Å². The molecule has 2 aromatic rings. The molecule has 0 saturated heterocycles. The number of sulfonamides is 2. The molecule has 3 rings (SSSR count). The normalized spacial score (nSPS) is 14.3. The number of nitrogens with one attached hydrogen (secondary N) is 1. The summed E-state index contributed by atoms with van der Waals surface area (Å²) >= 11 is 0. The molecule has 0 radical (unpaired) electrons. The number of allylic oxidation sites excluding steroid dienone is 2. The lowest BCUT2D eigenvalue weighted by molar-refractivity contribution is 0.0946. The van der Waals surface area contributed by atoms with Crippen LogP contribution in [0.25, 0.3) is 0 Å². The lowest BCUT2D eigenvalue weighted by atomic mass is 9.91. The summed E-state index contributed by atoms with van der Waals surface area (Å²) in [6.07, 6.45) is 1.57. The average Bonchev–Trinajstić information content (AvgIpc) is 2.80. The highest BCUT2D eigenvalue weighted by Crippen LogP contribution is 2.31. The number of hydrogen-bond acceptors (Lipinski definition) is 7. The number of fused-ring (bicyclic) bond motifs is 1. The van der Waals surface area contributed by atoms with Gasteiger partial charge in [0.1, 0.15) is 5.70 Å². The van der Waals surface area contributed by atoms with E-state index in [2.05, 4.69) is 4.72 Å². The number of ketones is 2. The van der Waals surface area contributed by atoms with Crippen LogP contribution in [-0.2, 0) is 26.5 Å². The van der Waals surface area contributed by atoms with E-state index in [4.69, 9.17) is 5.14 Å². The molecule has 0 aliphatic heterocycles. The zero-order valence-electron chi connectivity index (χ0n) is 19.7. The molecule has 9 nitrogen and oxygen atoms in total. The van der Waals surface area contributed by atoms with Crippen LogP contribution >= 0.6 is 0 Å². The third-order valence-electron chi connectivity index (χ3n) is 5.58.